The number of fused-ring (bicyclic) bond motifs is 1. The first kappa shape index (κ1) is 17.6. The lowest BCUT2D eigenvalue weighted by Gasteiger charge is -2.10. The predicted octanol–water partition coefficient (Wildman–Crippen LogP) is 4.32. The van der Waals surface area contributed by atoms with Gasteiger partial charge < -0.3 is 9.88 Å². The SMILES string of the molecule is O=C(Nc1ccccc1-c1cn2c(n1)SCC2)c1ccc(C(F)(F)F)nc1. The van der Waals surface area contributed by atoms with E-state index >= 15 is 0 Å². The number of nitrogens with zero attached hydrogens (tertiary/aromatic N) is 3. The third-order valence-electron chi connectivity index (χ3n) is 4.07. The second kappa shape index (κ2) is 6.73. The number of pyridine rings is 1. The van der Waals surface area contributed by atoms with Gasteiger partial charge in [-0.25, -0.2) is 4.98 Å². The monoisotopic (exact) mass is 390 g/mol. The summed E-state index contributed by atoms with van der Waals surface area (Å²) < 4.78 is 39.9. The summed E-state index contributed by atoms with van der Waals surface area (Å²) >= 11 is 1.67. The molecule has 0 saturated heterocycles. The zero-order chi connectivity index (χ0) is 19.0. The van der Waals surface area contributed by atoms with Crippen molar-refractivity contribution in [3.63, 3.8) is 0 Å². The third kappa shape index (κ3) is 3.55. The number of amides is 1. The minimum Gasteiger partial charge on any atom is -0.325 e. The number of para-hydroxylation sites is 1. The van der Waals surface area contributed by atoms with Gasteiger partial charge in [0.2, 0.25) is 0 Å². The number of halogens is 3. The maximum absolute atomic E-state index is 12.6. The Labute approximate surface area is 156 Å². The molecule has 1 amide bonds. The quantitative estimate of drug-likeness (QED) is 0.724. The number of hydrogen-bond acceptors (Lipinski definition) is 4. The van der Waals surface area contributed by atoms with Crippen molar-refractivity contribution in [3.05, 3.63) is 60.0 Å². The number of benzene rings is 1. The van der Waals surface area contributed by atoms with Crippen molar-refractivity contribution < 1.29 is 18.0 Å². The predicted molar refractivity (Wildman–Crippen MR) is 95.6 cm³/mol. The van der Waals surface area contributed by atoms with E-state index in [4.69, 9.17) is 0 Å². The summed E-state index contributed by atoms with van der Waals surface area (Å²) in [5.74, 6) is 0.451. The summed E-state index contributed by atoms with van der Waals surface area (Å²) in [4.78, 5) is 20.3. The molecule has 1 aliphatic rings. The second-order valence-electron chi connectivity index (χ2n) is 5.88. The highest BCUT2D eigenvalue weighted by atomic mass is 32.2. The standard InChI is InChI=1S/C18H13F3N4OS/c19-18(20,21)15-6-5-11(9-22-15)16(26)23-13-4-2-1-3-12(13)14-10-25-7-8-27-17(25)24-14/h1-6,9-10H,7-8H2,(H,23,26). The van der Waals surface area contributed by atoms with E-state index in [9.17, 15) is 18.0 Å². The maximum Gasteiger partial charge on any atom is 0.433 e. The van der Waals surface area contributed by atoms with E-state index in [2.05, 4.69) is 19.9 Å². The van der Waals surface area contributed by atoms with Gasteiger partial charge in [-0.2, -0.15) is 13.2 Å². The highest BCUT2D eigenvalue weighted by Crippen LogP contribution is 2.33. The Morgan fingerprint density at radius 2 is 2.00 bits per heavy atom. The minimum absolute atomic E-state index is 0.0423. The van der Waals surface area contributed by atoms with Gasteiger partial charge in [0, 0.05) is 30.3 Å². The third-order valence-corrected chi connectivity index (χ3v) is 5.04. The Balaban J connectivity index is 1.58. The second-order valence-corrected chi connectivity index (χ2v) is 6.94. The normalized spacial score (nSPS) is 13.4. The molecule has 2 aromatic heterocycles. The molecule has 1 aliphatic heterocycles. The molecule has 3 heterocycles. The average molecular weight is 390 g/mol. The molecule has 5 nitrogen and oxygen atoms in total. The van der Waals surface area contributed by atoms with Crippen LogP contribution < -0.4 is 5.32 Å². The fourth-order valence-electron chi connectivity index (χ4n) is 2.75. The zero-order valence-electron chi connectivity index (χ0n) is 13.8. The van der Waals surface area contributed by atoms with Crippen molar-refractivity contribution in [1.82, 2.24) is 14.5 Å². The van der Waals surface area contributed by atoms with Gasteiger partial charge in [-0.3, -0.25) is 9.78 Å². The van der Waals surface area contributed by atoms with Crippen molar-refractivity contribution in [1.29, 1.82) is 0 Å². The van der Waals surface area contributed by atoms with Crippen LogP contribution >= 0.6 is 11.8 Å². The molecule has 0 bridgehead atoms. The molecule has 0 atom stereocenters. The van der Waals surface area contributed by atoms with E-state index in [1.165, 1.54) is 0 Å². The molecular formula is C18H13F3N4OS. The number of nitrogens with one attached hydrogen (secondary N) is 1. The largest absolute Gasteiger partial charge is 0.433 e. The van der Waals surface area contributed by atoms with Crippen LogP contribution in [-0.2, 0) is 12.7 Å². The molecule has 0 unspecified atom stereocenters. The Morgan fingerprint density at radius 1 is 1.19 bits per heavy atom. The smallest absolute Gasteiger partial charge is 0.325 e. The van der Waals surface area contributed by atoms with Crippen LogP contribution in [0.25, 0.3) is 11.3 Å². The van der Waals surface area contributed by atoms with Crippen LogP contribution in [0.1, 0.15) is 16.1 Å². The van der Waals surface area contributed by atoms with Crippen LogP contribution in [0.3, 0.4) is 0 Å². The number of rotatable bonds is 3. The van der Waals surface area contributed by atoms with Crippen molar-refractivity contribution in [2.45, 2.75) is 17.9 Å². The molecule has 0 saturated carbocycles. The van der Waals surface area contributed by atoms with Crippen LogP contribution in [0, 0.1) is 0 Å². The van der Waals surface area contributed by atoms with Crippen molar-refractivity contribution in [2.75, 3.05) is 11.1 Å². The lowest BCUT2D eigenvalue weighted by atomic mass is 10.1. The number of imidazole rings is 1. The lowest BCUT2D eigenvalue weighted by molar-refractivity contribution is -0.141. The number of alkyl halides is 3. The van der Waals surface area contributed by atoms with Gasteiger partial charge in [0.1, 0.15) is 5.69 Å². The highest BCUT2D eigenvalue weighted by molar-refractivity contribution is 7.99. The van der Waals surface area contributed by atoms with Crippen LogP contribution in [0.4, 0.5) is 18.9 Å². The Kier molecular flexibility index (Phi) is 4.39. The highest BCUT2D eigenvalue weighted by Gasteiger charge is 2.32. The molecule has 9 heteroatoms. The molecular weight excluding hydrogens is 377 g/mol. The van der Waals surface area contributed by atoms with Crippen LogP contribution in [0.5, 0.6) is 0 Å². The number of aryl methyl sites for hydroxylation is 1. The Bertz CT molecular complexity index is 977. The summed E-state index contributed by atoms with van der Waals surface area (Å²) in [5, 5.41) is 3.66. The van der Waals surface area contributed by atoms with Crippen LogP contribution in [-0.4, -0.2) is 26.2 Å². The van der Waals surface area contributed by atoms with Gasteiger partial charge in [-0.1, -0.05) is 30.0 Å². The molecule has 0 radical (unpaired) electrons. The molecule has 0 aliphatic carbocycles. The Morgan fingerprint density at radius 3 is 2.70 bits per heavy atom. The summed E-state index contributed by atoms with van der Waals surface area (Å²) in [7, 11) is 0. The van der Waals surface area contributed by atoms with Crippen molar-refractivity contribution >= 4 is 23.4 Å². The van der Waals surface area contributed by atoms with Gasteiger partial charge in [0.15, 0.2) is 5.16 Å². The first-order valence-corrected chi connectivity index (χ1v) is 9.04. The molecule has 4 rings (SSSR count). The molecule has 138 valence electrons. The summed E-state index contributed by atoms with van der Waals surface area (Å²) in [5.41, 5.74) is 1.02. The minimum atomic E-state index is -4.54. The first-order chi connectivity index (χ1) is 12.9. The van der Waals surface area contributed by atoms with E-state index in [-0.39, 0.29) is 5.56 Å². The fourth-order valence-corrected chi connectivity index (χ4v) is 3.69. The van der Waals surface area contributed by atoms with E-state index < -0.39 is 17.8 Å². The van der Waals surface area contributed by atoms with Gasteiger partial charge in [0.25, 0.3) is 5.91 Å². The van der Waals surface area contributed by atoms with Crippen LogP contribution in [0.15, 0.2) is 53.9 Å². The molecule has 3 aromatic rings. The van der Waals surface area contributed by atoms with Gasteiger partial charge in [-0.05, 0) is 18.2 Å². The van der Waals surface area contributed by atoms with E-state index in [1.54, 1.807) is 23.9 Å². The number of carbonyl (C=O) groups is 1. The summed E-state index contributed by atoms with van der Waals surface area (Å²) in [6, 6.07) is 9.06. The van der Waals surface area contributed by atoms with E-state index in [0.717, 1.165) is 47.0 Å². The van der Waals surface area contributed by atoms with Crippen molar-refractivity contribution in [2.24, 2.45) is 0 Å². The summed E-state index contributed by atoms with van der Waals surface area (Å²) in [6.07, 6.45) is -1.69. The fraction of sp³-hybridized carbons (Fsp3) is 0.167. The average Bonchev–Trinajstić information content (AvgIpc) is 3.23. The Hall–Kier alpha value is -2.81. The zero-order valence-corrected chi connectivity index (χ0v) is 14.6. The van der Waals surface area contributed by atoms with E-state index in [0.29, 0.717) is 5.69 Å². The van der Waals surface area contributed by atoms with E-state index in [1.807, 2.05) is 18.3 Å². The molecule has 0 fully saturated rings. The molecule has 27 heavy (non-hydrogen) atoms. The number of aromatic nitrogens is 3. The maximum atomic E-state index is 12.6. The number of thioether (sulfide) groups is 1. The van der Waals surface area contributed by atoms with Gasteiger partial charge in [-0.15, -0.1) is 0 Å². The van der Waals surface area contributed by atoms with Crippen LogP contribution in [0.2, 0.25) is 0 Å². The molecule has 0 spiro atoms. The summed E-state index contributed by atoms with van der Waals surface area (Å²) in [6.45, 7) is 0.888. The first-order valence-electron chi connectivity index (χ1n) is 8.06. The van der Waals surface area contributed by atoms with Gasteiger partial charge in [0.05, 0.1) is 16.9 Å². The topological polar surface area (TPSA) is 59.8 Å². The molecule has 1 N–H and O–H groups in total. The number of anilines is 1. The lowest BCUT2D eigenvalue weighted by Crippen LogP contribution is -2.14. The van der Waals surface area contributed by atoms with Crippen molar-refractivity contribution in [3.8, 4) is 11.3 Å². The number of carbonyl (C=O) groups excluding carboxylic acids is 1. The van der Waals surface area contributed by atoms with Gasteiger partial charge >= 0.3 is 6.18 Å². The molecule has 1 aromatic carbocycles. The number of hydrogen-bond donors (Lipinski definition) is 1.